The molecule has 0 spiro atoms. The van der Waals surface area contributed by atoms with Gasteiger partial charge >= 0.3 is 0 Å². The molecule has 2 rings (SSSR count). The molecule has 0 atom stereocenters. The Hall–Kier alpha value is -1.01. The molecule has 2 aromatic rings. The fraction of sp³-hybridized carbons (Fsp3) is 0.154. The molecule has 0 unspecified atom stereocenters. The van der Waals surface area contributed by atoms with Gasteiger partial charge in [-0.1, -0.05) is 18.5 Å². The van der Waals surface area contributed by atoms with Gasteiger partial charge in [-0.3, -0.25) is 4.79 Å². The second-order valence-corrected chi connectivity index (χ2v) is 5.35. The third-order valence-electron chi connectivity index (χ3n) is 2.41. The molecule has 0 aliphatic heterocycles. The Kier molecular flexibility index (Phi) is 4.29. The van der Waals surface area contributed by atoms with Crippen LogP contribution in [0.3, 0.4) is 0 Å². The monoisotopic (exact) mass is 375 g/mol. The normalized spacial score (nSPS) is 10.4. The molecular weight excluding hydrogens is 365 g/mol. The summed E-state index contributed by atoms with van der Waals surface area (Å²) < 4.78 is 6.39. The number of halogens is 2. The van der Waals surface area contributed by atoms with Crippen molar-refractivity contribution in [1.82, 2.24) is 0 Å². The Morgan fingerprint density at radius 3 is 2.78 bits per heavy atom. The maximum Gasteiger partial charge on any atom is 0.291 e. The van der Waals surface area contributed by atoms with E-state index in [-0.39, 0.29) is 5.91 Å². The van der Waals surface area contributed by atoms with Crippen LogP contribution in [0.2, 0.25) is 5.02 Å². The van der Waals surface area contributed by atoms with Gasteiger partial charge in [0.15, 0.2) is 5.76 Å². The summed E-state index contributed by atoms with van der Waals surface area (Å²) in [6, 6.07) is 8.89. The Bertz CT molecular complexity index is 580. The minimum Gasteiger partial charge on any atom is -0.456 e. The van der Waals surface area contributed by atoms with Crippen molar-refractivity contribution in [3.8, 4) is 0 Å². The van der Waals surface area contributed by atoms with Gasteiger partial charge in [0.05, 0.1) is 10.7 Å². The van der Waals surface area contributed by atoms with Crippen LogP contribution in [-0.4, -0.2) is 5.91 Å². The van der Waals surface area contributed by atoms with Crippen LogP contribution in [0.25, 0.3) is 0 Å². The molecule has 0 bridgehead atoms. The van der Waals surface area contributed by atoms with E-state index in [4.69, 9.17) is 16.0 Å². The number of anilines is 1. The van der Waals surface area contributed by atoms with Crippen molar-refractivity contribution in [2.75, 3.05) is 5.32 Å². The van der Waals surface area contributed by atoms with Crippen molar-refractivity contribution < 1.29 is 9.21 Å². The first-order chi connectivity index (χ1) is 8.60. The molecule has 5 heteroatoms. The second kappa shape index (κ2) is 5.75. The molecular formula is C13H11ClINO2. The average Bonchev–Trinajstić information content (AvgIpc) is 2.81. The van der Waals surface area contributed by atoms with Crippen LogP contribution in [0.5, 0.6) is 0 Å². The lowest BCUT2D eigenvalue weighted by Crippen LogP contribution is -2.11. The maximum absolute atomic E-state index is 11.9. The number of carbonyl (C=O) groups is 1. The predicted octanol–water partition coefficient (Wildman–Crippen LogP) is 4.35. The van der Waals surface area contributed by atoms with Crippen LogP contribution in [0.1, 0.15) is 23.2 Å². The highest BCUT2D eigenvalue weighted by molar-refractivity contribution is 14.1. The summed E-state index contributed by atoms with van der Waals surface area (Å²) in [6.07, 6.45) is 0.761. The third kappa shape index (κ3) is 3.05. The number of amides is 1. The minimum absolute atomic E-state index is 0.293. The first-order valence-corrected chi connectivity index (χ1v) is 6.91. The zero-order valence-electron chi connectivity index (χ0n) is 9.67. The van der Waals surface area contributed by atoms with E-state index in [0.717, 1.165) is 15.8 Å². The van der Waals surface area contributed by atoms with Crippen LogP contribution >= 0.6 is 34.2 Å². The molecule has 0 radical (unpaired) electrons. The number of hydrogen-bond acceptors (Lipinski definition) is 2. The van der Waals surface area contributed by atoms with E-state index < -0.39 is 0 Å². The number of benzene rings is 1. The lowest BCUT2D eigenvalue weighted by atomic mass is 10.3. The number of nitrogens with one attached hydrogen (secondary N) is 1. The third-order valence-corrected chi connectivity index (χ3v) is 3.40. The molecule has 0 aliphatic rings. The lowest BCUT2D eigenvalue weighted by Gasteiger charge is -2.05. The largest absolute Gasteiger partial charge is 0.456 e. The van der Waals surface area contributed by atoms with E-state index in [2.05, 4.69) is 27.9 Å². The van der Waals surface area contributed by atoms with Gasteiger partial charge in [0.2, 0.25) is 0 Å². The standard InChI is InChI=1S/C13H11ClINO2/c1-2-9-4-6-12(18-9)13(17)16-11-5-3-8(15)7-10(11)14/h3-7H,2H2,1H3,(H,16,17). The fourth-order valence-electron chi connectivity index (χ4n) is 1.46. The Balaban J connectivity index is 2.16. The first-order valence-electron chi connectivity index (χ1n) is 5.45. The molecule has 0 saturated carbocycles. The Morgan fingerprint density at radius 2 is 2.17 bits per heavy atom. The van der Waals surface area contributed by atoms with E-state index in [1.807, 2.05) is 13.0 Å². The van der Waals surface area contributed by atoms with Crippen molar-refractivity contribution in [3.05, 3.63) is 50.4 Å². The van der Waals surface area contributed by atoms with Gasteiger partial charge in [-0.15, -0.1) is 0 Å². The van der Waals surface area contributed by atoms with E-state index >= 15 is 0 Å². The summed E-state index contributed by atoms with van der Waals surface area (Å²) in [5.41, 5.74) is 0.580. The summed E-state index contributed by atoms with van der Waals surface area (Å²) in [7, 11) is 0. The Morgan fingerprint density at radius 1 is 1.39 bits per heavy atom. The molecule has 0 aliphatic carbocycles. The highest BCUT2D eigenvalue weighted by atomic mass is 127. The molecule has 1 amide bonds. The maximum atomic E-state index is 11.9. The highest BCUT2D eigenvalue weighted by Gasteiger charge is 2.12. The zero-order chi connectivity index (χ0) is 13.1. The fourth-order valence-corrected chi connectivity index (χ4v) is 2.37. The zero-order valence-corrected chi connectivity index (χ0v) is 12.6. The van der Waals surface area contributed by atoms with Crippen LogP contribution in [0.4, 0.5) is 5.69 Å². The van der Waals surface area contributed by atoms with Gasteiger partial charge < -0.3 is 9.73 Å². The quantitative estimate of drug-likeness (QED) is 0.810. The molecule has 1 aromatic heterocycles. The summed E-state index contributed by atoms with van der Waals surface area (Å²) in [6.45, 7) is 1.97. The molecule has 94 valence electrons. The van der Waals surface area contributed by atoms with E-state index in [0.29, 0.717) is 16.5 Å². The molecule has 1 N–H and O–H groups in total. The smallest absolute Gasteiger partial charge is 0.291 e. The highest BCUT2D eigenvalue weighted by Crippen LogP contribution is 2.24. The van der Waals surface area contributed by atoms with Gasteiger partial charge in [-0.05, 0) is 52.9 Å². The second-order valence-electron chi connectivity index (χ2n) is 3.70. The number of hydrogen-bond donors (Lipinski definition) is 1. The van der Waals surface area contributed by atoms with Crippen molar-refractivity contribution in [2.45, 2.75) is 13.3 Å². The van der Waals surface area contributed by atoms with Crippen molar-refractivity contribution >= 4 is 45.8 Å². The Labute approximate surface area is 124 Å². The molecule has 18 heavy (non-hydrogen) atoms. The van der Waals surface area contributed by atoms with Gasteiger partial charge in [-0.25, -0.2) is 0 Å². The number of carbonyl (C=O) groups excluding carboxylic acids is 1. The van der Waals surface area contributed by atoms with Crippen molar-refractivity contribution in [3.63, 3.8) is 0 Å². The topological polar surface area (TPSA) is 42.2 Å². The number of rotatable bonds is 3. The van der Waals surface area contributed by atoms with Gasteiger partial charge in [0.25, 0.3) is 5.91 Å². The van der Waals surface area contributed by atoms with Crippen molar-refractivity contribution in [2.24, 2.45) is 0 Å². The molecule has 0 saturated heterocycles. The van der Waals surface area contributed by atoms with E-state index in [1.54, 1.807) is 24.3 Å². The summed E-state index contributed by atoms with van der Waals surface area (Å²) in [4.78, 5) is 11.9. The van der Waals surface area contributed by atoms with Gasteiger partial charge in [0, 0.05) is 9.99 Å². The summed E-state index contributed by atoms with van der Waals surface area (Å²) >= 11 is 8.20. The van der Waals surface area contributed by atoms with E-state index in [9.17, 15) is 4.79 Å². The lowest BCUT2D eigenvalue weighted by molar-refractivity contribution is 0.0995. The summed E-state index contributed by atoms with van der Waals surface area (Å²) in [5.74, 6) is 0.785. The molecule has 1 aromatic carbocycles. The van der Waals surface area contributed by atoms with Crippen LogP contribution < -0.4 is 5.32 Å². The van der Waals surface area contributed by atoms with Gasteiger partial charge in [-0.2, -0.15) is 0 Å². The number of aryl methyl sites for hydroxylation is 1. The van der Waals surface area contributed by atoms with Crippen molar-refractivity contribution in [1.29, 1.82) is 0 Å². The molecule has 0 fully saturated rings. The molecule has 1 heterocycles. The minimum atomic E-state index is -0.294. The van der Waals surface area contributed by atoms with E-state index in [1.165, 1.54) is 0 Å². The first kappa shape index (κ1) is 13.4. The van der Waals surface area contributed by atoms with Crippen LogP contribution in [0.15, 0.2) is 34.7 Å². The van der Waals surface area contributed by atoms with Crippen LogP contribution in [0, 0.1) is 3.57 Å². The SMILES string of the molecule is CCc1ccc(C(=O)Nc2ccc(I)cc2Cl)o1. The molecule has 3 nitrogen and oxygen atoms in total. The average molecular weight is 376 g/mol. The number of furan rings is 1. The van der Waals surface area contributed by atoms with Crippen LogP contribution in [-0.2, 0) is 6.42 Å². The summed E-state index contributed by atoms with van der Waals surface area (Å²) in [5, 5.41) is 3.23. The predicted molar refractivity (Wildman–Crippen MR) is 80.2 cm³/mol. The van der Waals surface area contributed by atoms with Gasteiger partial charge in [0.1, 0.15) is 5.76 Å².